The van der Waals surface area contributed by atoms with E-state index >= 15 is 0 Å². The molecule has 2 aromatic carbocycles. The van der Waals surface area contributed by atoms with E-state index in [1.165, 1.54) is 0 Å². The van der Waals surface area contributed by atoms with E-state index in [-0.39, 0.29) is 12.0 Å². The predicted octanol–water partition coefficient (Wildman–Crippen LogP) is 3.53. The van der Waals surface area contributed by atoms with Gasteiger partial charge in [0.1, 0.15) is 0 Å². The molecule has 2 amide bonds. The van der Waals surface area contributed by atoms with Crippen molar-refractivity contribution in [3.8, 4) is 0 Å². The molecule has 1 heterocycles. The summed E-state index contributed by atoms with van der Waals surface area (Å²) in [6.45, 7) is 7.01. The topological polar surface area (TPSA) is 61.9 Å². The number of nitrogens with one attached hydrogen (secondary N) is 1. The van der Waals surface area contributed by atoms with E-state index in [0.29, 0.717) is 25.3 Å². The summed E-state index contributed by atoms with van der Waals surface area (Å²) in [6.07, 6.45) is -0.244. The Morgan fingerprint density at radius 1 is 0.963 bits per heavy atom. The molecular weight excluding hydrogens is 342 g/mol. The average molecular weight is 367 g/mol. The summed E-state index contributed by atoms with van der Waals surface area (Å²) in [7, 11) is 0. The van der Waals surface area contributed by atoms with E-state index in [4.69, 9.17) is 4.74 Å². The summed E-state index contributed by atoms with van der Waals surface area (Å²) < 4.78 is 5.05. The summed E-state index contributed by atoms with van der Waals surface area (Å²) in [4.78, 5) is 28.0. The molecule has 6 heteroatoms. The molecule has 2 aromatic rings. The highest BCUT2D eigenvalue weighted by atomic mass is 16.6. The number of rotatable bonds is 4. The third kappa shape index (κ3) is 4.78. The zero-order valence-electron chi connectivity index (χ0n) is 15.8. The zero-order valence-corrected chi connectivity index (χ0v) is 15.8. The minimum atomic E-state index is -0.244. The molecule has 1 aliphatic heterocycles. The molecule has 6 nitrogen and oxygen atoms in total. The van der Waals surface area contributed by atoms with E-state index in [9.17, 15) is 9.59 Å². The lowest BCUT2D eigenvalue weighted by Crippen LogP contribution is -2.49. The first-order chi connectivity index (χ1) is 13.1. The number of anilines is 2. The fourth-order valence-corrected chi connectivity index (χ4v) is 3.03. The highest BCUT2D eigenvalue weighted by molar-refractivity contribution is 6.04. The van der Waals surface area contributed by atoms with Gasteiger partial charge in [-0.05, 0) is 50.2 Å². The number of ether oxygens (including phenoxy) is 1. The van der Waals surface area contributed by atoms with Crippen LogP contribution in [0.5, 0.6) is 0 Å². The molecule has 0 unspecified atom stereocenters. The van der Waals surface area contributed by atoms with Crippen LogP contribution in [0.1, 0.15) is 22.8 Å². The monoisotopic (exact) mass is 367 g/mol. The van der Waals surface area contributed by atoms with Crippen LogP contribution in [0.4, 0.5) is 16.2 Å². The second-order valence-corrected chi connectivity index (χ2v) is 6.54. The number of carbonyl (C=O) groups is 2. The fourth-order valence-electron chi connectivity index (χ4n) is 3.03. The highest BCUT2D eigenvalue weighted by Gasteiger charge is 2.22. The van der Waals surface area contributed by atoms with Gasteiger partial charge < -0.3 is 19.9 Å². The number of benzene rings is 2. The molecule has 0 bridgehead atoms. The number of nitrogens with zero attached hydrogens (tertiary/aromatic N) is 2. The Bertz CT molecular complexity index is 779. The van der Waals surface area contributed by atoms with Gasteiger partial charge in [0, 0.05) is 43.1 Å². The van der Waals surface area contributed by atoms with Crippen LogP contribution in [-0.4, -0.2) is 49.7 Å². The van der Waals surface area contributed by atoms with Gasteiger partial charge in [-0.3, -0.25) is 4.79 Å². The number of aryl methyl sites for hydroxylation is 1. The maximum Gasteiger partial charge on any atom is 0.409 e. The van der Waals surface area contributed by atoms with E-state index in [0.717, 1.165) is 30.0 Å². The lowest BCUT2D eigenvalue weighted by molar-refractivity contribution is 0.102. The molecule has 0 aromatic heterocycles. The Balaban J connectivity index is 1.55. The van der Waals surface area contributed by atoms with E-state index in [1.807, 2.05) is 62.4 Å². The van der Waals surface area contributed by atoms with Crippen molar-refractivity contribution in [2.45, 2.75) is 13.8 Å². The number of hydrogen-bond donors (Lipinski definition) is 1. The third-order valence-corrected chi connectivity index (χ3v) is 4.61. The number of carbonyl (C=O) groups excluding carboxylic acids is 2. The smallest absolute Gasteiger partial charge is 0.409 e. The standard InChI is InChI=1S/C21H25N3O3/c1-3-27-21(26)24-14-12-23(13-15-24)19-10-8-18(9-11-19)22-20(25)17-6-4-16(2)5-7-17/h4-11H,3,12-15H2,1-2H3,(H,22,25). The van der Waals surface area contributed by atoms with Gasteiger partial charge >= 0.3 is 6.09 Å². The SMILES string of the molecule is CCOC(=O)N1CCN(c2ccc(NC(=O)c3ccc(C)cc3)cc2)CC1. The van der Waals surface area contributed by atoms with Gasteiger partial charge in [0.05, 0.1) is 6.61 Å². The normalized spacial score (nSPS) is 14.0. The van der Waals surface area contributed by atoms with Crippen molar-refractivity contribution in [1.82, 2.24) is 4.90 Å². The van der Waals surface area contributed by atoms with Gasteiger partial charge in [0.25, 0.3) is 5.91 Å². The van der Waals surface area contributed by atoms with Gasteiger partial charge in [-0.1, -0.05) is 17.7 Å². The van der Waals surface area contributed by atoms with Crippen molar-refractivity contribution in [2.75, 3.05) is 43.0 Å². The van der Waals surface area contributed by atoms with Crippen LogP contribution in [0.25, 0.3) is 0 Å². The van der Waals surface area contributed by atoms with Crippen LogP contribution < -0.4 is 10.2 Å². The van der Waals surface area contributed by atoms with Gasteiger partial charge in [0.15, 0.2) is 0 Å². The zero-order chi connectivity index (χ0) is 19.2. The Labute approximate surface area is 159 Å². The Kier molecular flexibility index (Phi) is 5.96. The Morgan fingerprint density at radius 3 is 2.19 bits per heavy atom. The van der Waals surface area contributed by atoms with Crippen LogP contribution in [0.15, 0.2) is 48.5 Å². The molecule has 0 saturated carbocycles. The van der Waals surface area contributed by atoms with Crippen molar-refractivity contribution < 1.29 is 14.3 Å². The molecule has 1 saturated heterocycles. The van der Waals surface area contributed by atoms with Crippen LogP contribution in [0.2, 0.25) is 0 Å². The molecular formula is C21H25N3O3. The van der Waals surface area contributed by atoms with Crippen molar-refractivity contribution in [1.29, 1.82) is 0 Å². The quantitative estimate of drug-likeness (QED) is 0.898. The molecule has 142 valence electrons. The Morgan fingerprint density at radius 2 is 1.59 bits per heavy atom. The van der Waals surface area contributed by atoms with Gasteiger partial charge in [-0.15, -0.1) is 0 Å². The predicted molar refractivity (Wildman–Crippen MR) is 106 cm³/mol. The van der Waals surface area contributed by atoms with Crippen molar-refractivity contribution in [3.05, 3.63) is 59.7 Å². The summed E-state index contributed by atoms with van der Waals surface area (Å²) in [5.41, 5.74) is 3.60. The average Bonchev–Trinajstić information content (AvgIpc) is 2.69. The second kappa shape index (κ2) is 8.58. The highest BCUT2D eigenvalue weighted by Crippen LogP contribution is 2.20. The molecule has 3 rings (SSSR count). The first-order valence-corrected chi connectivity index (χ1v) is 9.21. The first kappa shape index (κ1) is 18.8. The molecule has 0 aliphatic carbocycles. The minimum absolute atomic E-state index is 0.120. The van der Waals surface area contributed by atoms with Crippen molar-refractivity contribution in [3.63, 3.8) is 0 Å². The van der Waals surface area contributed by atoms with Crippen LogP contribution in [0.3, 0.4) is 0 Å². The number of hydrogen-bond acceptors (Lipinski definition) is 4. The third-order valence-electron chi connectivity index (χ3n) is 4.61. The molecule has 1 fully saturated rings. The molecule has 0 spiro atoms. The van der Waals surface area contributed by atoms with Crippen molar-refractivity contribution >= 4 is 23.4 Å². The van der Waals surface area contributed by atoms with Crippen LogP contribution >= 0.6 is 0 Å². The number of amides is 2. The summed E-state index contributed by atoms with van der Waals surface area (Å²) >= 11 is 0. The van der Waals surface area contributed by atoms with Gasteiger partial charge in [-0.2, -0.15) is 0 Å². The molecule has 0 radical (unpaired) electrons. The van der Waals surface area contributed by atoms with Gasteiger partial charge in [-0.25, -0.2) is 4.79 Å². The summed E-state index contributed by atoms with van der Waals surface area (Å²) in [5.74, 6) is -0.120. The lowest BCUT2D eigenvalue weighted by Gasteiger charge is -2.35. The summed E-state index contributed by atoms with van der Waals surface area (Å²) in [6, 6.07) is 15.3. The maximum absolute atomic E-state index is 12.3. The van der Waals surface area contributed by atoms with Crippen LogP contribution in [0, 0.1) is 6.92 Å². The second-order valence-electron chi connectivity index (χ2n) is 6.54. The van der Waals surface area contributed by atoms with E-state index in [1.54, 1.807) is 4.90 Å². The van der Waals surface area contributed by atoms with Crippen molar-refractivity contribution in [2.24, 2.45) is 0 Å². The first-order valence-electron chi connectivity index (χ1n) is 9.21. The Hall–Kier alpha value is -3.02. The minimum Gasteiger partial charge on any atom is -0.450 e. The molecule has 0 atom stereocenters. The molecule has 1 N–H and O–H groups in total. The van der Waals surface area contributed by atoms with E-state index in [2.05, 4.69) is 10.2 Å². The van der Waals surface area contributed by atoms with Gasteiger partial charge in [0.2, 0.25) is 0 Å². The molecule has 1 aliphatic rings. The largest absolute Gasteiger partial charge is 0.450 e. The fraction of sp³-hybridized carbons (Fsp3) is 0.333. The number of piperazine rings is 1. The molecule has 27 heavy (non-hydrogen) atoms. The maximum atomic E-state index is 12.3. The summed E-state index contributed by atoms with van der Waals surface area (Å²) in [5, 5.41) is 2.92. The lowest BCUT2D eigenvalue weighted by atomic mass is 10.1. The van der Waals surface area contributed by atoms with Crippen LogP contribution in [-0.2, 0) is 4.74 Å². The van der Waals surface area contributed by atoms with E-state index < -0.39 is 0 Å².